The number of carbonyl (C=O) groups is 2. The highest BCUT2D eigenvalue weighted by Crippen LogP contribution is 2.20. The van der Waals surface area contributed by atoms with Gasteiger partial charge in [-0.3, -0.25) is 4.79 Å². The van der Waals surface area contributed by atoms with E-state index in [1.807, 2.05) is 0 Å². The second-order valence-electron chi connectivity index (χ2n) is 4.52. The van der Waals surface area contributed by atoms with Gasteiger partial charge in [0.2, 0.25) is 0 Å². The maximum Gasteiger partial charge on any atom is 0.331 e. The fourth-order valence-corrected chi connectivity index (χ4v) is 1.85. The zero-order chi connectivity index (χ0) is 16.7. The molecule has 0 aliphatic heterocycles. The summed E-state index contributed by atoms with van der Waals surface area (Å²) in [5, 5.41) is 2.92. The van der Waals surface area contributed by atoms with Crippen molar-refractivity contribution in [2.45, 2.75) is 0 Å². The molecule has 0 unspecified atom stereocenters. The van der Waals surface area contributed by atoms with Crippen LogP contribution < -0.4 is 5.32 Å². The number of rotatable bonds is 5. The summed E-state index contributed by atoms with van der Waals surface area (Å²) in [6, 6.07) is 12.3. The summed E-state index contributed by atoms with van der Waals surface area (Å²) in [5.74, 6) is -1.54. The lowest BCUT2D eigenvalue weighted by molar-refractivity contribution is -0.142. The summed E-state index contributed by atoms with van der Waals surface area (Å²) in [6.07, 6.45) is 2.63. The highest BCUT2D eigenvalue weighted by atomic mass is 35.5. The van der Waals surface area contributed by atoms with Crippen molar-refractivity contribution in [1.82, 2.24) is 0 Å². The largest absolute Gasteiger partial charge is 0.452 e. The fraction of sp³-hybridized carbons (Fsp3) is 0.0588. The Morgan fingerprint density at radius 3 is 2.52 bits per heavy atom. The normalized spacial score (nSPS) is 10.5. The Morgan fingerprint density at radius 2 is 1.83 bits per heavy atom. The molecule has 0 aliphatic rings. The molecule has 1 amide bonds. The number of anilines is 1. The van der Waals surface area contributed by atoms with Crippen LogP contribution in [0.4, 0.5) is 10.1 Å². The minimum Gasteiger partial charge on any atom is -0.452 e. The lowest BCUT2D eigenvalue weighted by atomic mass is 10.2. The number of amides is 1. The second kappa shape index (κ2) is 8.10. The van der Waals surface area contributed by atoms with Gasteiger partial charge in [0, 0.05) is 6.08 Å². The van der Waals surface area contributed by atoms with Gasteiger partial charge >= 0.3 is 5.97 Å². The van der Waals surface area contributed by atoms with Crippen LogP contribution in [-0.4, -0.2) is 18.5 Å². The third kappa shape index (κ3) is 5.56. The average Bonchev–Trinajstić information content (AvgIpc) is 2.54. The number of carbonyl (C=O) groups excluding carboxylic acids is 2. The first-order valence-electron chi connectivity index (χ1n) is 6.69. The molecular formula is C17H13ClFNO3. The van der Waals surface area contributed by atoms with Crippen molar-refractivity contribution in [2.24, 2.45) is 0 Å². The Kier molecular flexibility index (Phi) is 5.88. The van der Waals surface area contributed by atoms with Crippen LogP contribution in [0.25, 0.3) is 6.08 Å². The quantitative estimate of drug-likeness (QED) is 0.671. The number of ether oxygens (including phenoxy) is 1. The summed E-state index contributed by atoms with van der Waals surface area (Å²) in [5.41, 5.74) is 1.08. The monoisotopic (exact) mass is 333 g/mol. The number of esters is 1. The van der Waals surface area contributed by atoms with E-state index in [-0.39, 0.29) is 5.82 Å². The van der Waals surface area contributed by atoms with Crippen molar-refractivity contribution in [3.63, 3.8) is 0 Å². The van der Waals surface area contributed by atoms with Crippen LogP contribution in [0.2, 0.25) is 5.02 Å². The Morgan fingerprint density at radius 1 is 1.13 bits per heavy atom. The predicted molar refractivity (Wildman–Crippen MR) is 86.5 cm³/mol. The summed E-state index contributed by atoms with van der Waals surface area (Å²) in [6.45, 7) is -0.433. The highest BCUT2D eigenvalue weighted by molar-refractivity contribution is 6.33. The molecule has 23 heavy (non-hydrogen) atoms. The molecule has 0 atom stereocenters. The van der Waals surface area contributed by atoms with E-state index in [1.165, 1.54) is 30.3 Å². The number of hydrogen-bond acceptors (Lipinski definition) is 3. The maximum absolute atomic E-state index is 12.7. The van der Waals surface area contributed by atoms with E-state index >= 15 is 0 Å². The summed E-state index contributed by atoms with van der Waals surface area (Å²) < 4.78 is 17.5. The van der Waals surface area contributed by atoms with Gasteiger partial charge in [-0.15, -0.1) is 0 Å². The van der Waals surface area contributed by atoms with Crippen molar-refractivity contribution < 1.29 is 18.7 Å². The summed E-state index contributed by atoms with van der Waals surface area (Å²) >= 11 is 5.90. The Bertz CT molecular complexity index is 729. The number of halogens is 2. The number of nitrogens with one attached hydrogen (secondary N) is 1. The van der Waals surface area contributed by atoms with Crippen molar-refractivity contribution >= 4 is 35.2 Å². The molecule has 2 aromatic carbocycles. The number of hydrogen-bond donors (Lipinski definition) is 1. The van der Waals surface area contributed by atoms with Gasteiger partial charge in [-0.25, -0.2) is 9.18 Å². The smallest absolute Gasteiger partial charge is 0.331 e. The molecule has 0 saturated heterocycles. The van der Waals surface area contributed by atoms with Crippen molar-refractivity contribution in [2.75, 3.05) is 11.9 Å². The first-order chi connectivity index (χ1) is 11.0. The highest BCUT2D eigenvalue weighted by Gasteiger charge is 2.07. The molecule has 1 N–H and O–H groups in total. The molecule has 2 rings (SSSR count). The van der Waals surface area contributed by atoms with E-state index in [4.69, 9.17) is 16.3 Å². The van der Waals surface area contributed by atoms with Crippen LogP contribution in [0, 0.1) is 5.82 Å². The van der Waals surface area contributed by atoms with Gasteiger partial charge in [0.25, 0.3) is 5.91 Å². The van der Waals surface area contributed by atoms with Crippen LogP contribution in [0.3, 0.4) is 0 Å². The van der Waals surface area contributed by atoms with Gasteiger partial charge in [0.05, 0.1) is 10.7 Å². The standard InChI is InChI=1S/C17H13ClFNO3/c18-14-3-1-2-4-15(14)20-16(21)11-23-17(22)10-7-12-5-8-13(19)9-6-12/h1-10H,11H2,(H,20,21). The van der Waals surface area contributed by atoms with Crippen molar-refractivity contribution in [3.8, 4) is 0 Å². The molecule has 0 radical (unpaired) electrons. The van der Waals surface area contributed by atoms with Crippen molar-refractivity contribution in [3.05, 3.63) is 71.0 Å². The Hall–Kier alpha value is -2.66. The molecule has 0 fully saturated rings. The van der Waals surface area contributed by atoms with Gasteiger partial charge in [0.1, 0.15) is 5.82 Å². The lowest BCUT2D eigenvalue weighted by Gasteiger charge is -2.06. The maximum atomic E-state index is 12.7. The van der Waals surface area contributed by atoms with Gasteiger partial charge in [-0.2, -0.15) is 0 Å². The third-order valence-electron chi connectivity index (χ3n) is 2.78. The molecule has 2 aromatic rings. The van der Waals surface area contributed by atoms with Crippen LogP contribution in [0.1, 0.15) is 5.56 Å². The van der Waals surface area contributed by atoms with Crippen LogP contribution in [0.5, 0.6) is 0 Å². The van der Waals surface area contributed by atoms with Crippen LogP contribution in [0.15, 0.2) is 54.6 Å². The molecule has 0 saturated carbocycles. The van der Waals surface area contributed by atoms with Crippen LogP contribution in [-0.2, 0) is 14.3 Å². The molecule has 0 spiro atoms. The van der Waals surface area contributed by atoms with Crippen LogP contribution >= 0.6 is 11.6 Å². The SMILES string of the molecule is O=C(COC(=O)C=Cc1ccc(F)cc1)Nc1ccccc1Cl. The summed E-state index contributed by atoms with van der Waals surface area (Å²) in [7, 11) is 0. The van der Waals surface area contributed by atoms with Crippen molar-refractivity contribution in [1.29, 1.82) is 0 Å². The van der Waals surface area contributed by atoms with Gasteiger partial charge in [-0.1, -0.05) is 35.9 Å². The second-order valence-corrected chi connectivity index (χ2v) is 4.93. The molecule has 0 heterocycles. The molecule has 0 bridgehead atoms. The van der Waals surface area contributed by atoms with E-state index in [1.54, 1.807) is 24.3 Å². The third-order valence-corrected chi connectivity index (χ3v) is 3.10. The van der Waals surface area contributed by atoms with E-state index in [0.29, 0.717) is 16.3 Å². The topological polar surface area (TPSA) is 55.4 Å². The van der Waals surface area contributed by atoms with Gasteiger partial charge < -0.3 is 10.1 Å². The van der Waals surface area contributed by atoms with Gasteiger partial charge in [0.15, 0.2) is 6.61 Å². The van der Waals surface area contributed by atoms with E-state index in [9.17, 15) is 14.0 Å². The minimum atomic E-state index is -0.677. The van der Waals surface area contributed by atoms with E-state index in [2.05, 4.69) is 5.32 Å². The average molecular weight is 334 g/mol. The molecule has 0 aliphatic carbocycles. The molecule has 118 valence electrons. The molecule has 0 aromatic heterocycles. The molecular weight excluding hydrogens is 321 g/mol. The zero-order valence-corrected chi connectivity index (χ0v) is 12.7. The lowest BCUT2D eigenvalue weighted by Crippen LogP contribution is -2.20. The first-order valence-corrected chi connectivity index (χ1v) is 7.07. The number of para-hydroxylation sites is 1. The van der Waals surface area contributed by atoms with E-state index in [0.717, 1.165) is 6.08 Å². The number of benzene rings is 2. The molecule has 4 nitrogen and oxygen atoms in total. The predicted octanol–water partition coefficient (Wildman–Crippen LogP) is 3.67. The van der Waals surface area contributed by atoms with E-state index < -0.39 is 18.5 Å². The molecule has 6 heteroatoms. The fourth-order valence-electron chi connectivity index (χ4n) is 1.67. The Balaban J connectivity index is 1.81. The minimum absolute atomic E-state index is 0.360. The first kappa shape index (κ1) is 16.7. The Labute approximate surface area is 137 Å². The summed E-state index contributed by atoms with van der Waals surface area (Å²) in [4.78, 5) is 23.2. The zero-order valence-electron chi connectivity index (χ0n) is 12.0. The van der Waals surface area contributed by atoms with Gasteiger partial charge in [-0.05, 0) is 35.9 Å².